The van der Waals surface area contributed by atoms with Gasteiger partial charge in [0.1, 0.15) is 13.2 Å². The van der Waals surface area contributed by atoms with E-state index < -0.39 is 0 Å². The van der Waals surface area contributed by atoms with Gasteiger partial charge in [-0.3, -0.25) is 0 Å². The number of nitrogens with one attached hydrogen (secondary N) is 1. The van der Waals surface area contributed by atoms with E-state index in [2.05, 4.69) is 5.32 Å². The van der Waals surface area contributed by atoms with E-state index in [4.69, 9.17) is 14.2 Å². The number of rotatable bonds is 5. The maximum Gasteiger partial charge on any atom is 0.332 e. The highest BCUT2D eigenvalue weighted by atomic mass is 16.6. The van der Waals surface area contributed by atoms with Crippen LogP contribution in [0, 0.1) is 0 Å². The molecule has 98 valence electrons. The van der Waals surface area contributed by atoms with Crippen LogP contribution < -0.4 is 5.32 Å². The third kappa shape index (κ3) is 4.61. The highest BCUT2D eigenvalue weighted by molar-refractivity contribution is 5.70. The van der Waals surface area contributed by atoms with E-state index in [1.165, 1.54) is 0 Å². The molecule has 17 heavy (non-hydrogen) atoms. The summed E-state index contributed by atoms with van der Waals surface area (Å²) < 4.78 is 16.0. The lowest BCUT2D eigenvalue weighted by atomic mass is 10.1. The van der Waals surface area contributed by atoms with Crippen LogP contribution in [0.15, 0.2) is 0 Å². The molecule has 0 aromatic rings. The van der Waals surface area contributed by atoms with Crippen molar-refractivity contribution in [1.29, 1.82) is 0 Å². The van der Waals surface area contributed by atoms with E-state index in [0.29, 0.717) is 6.61 Å². The molecule has 2 rings (SSSR count). The van der Waals surface area contributed by atoms with Crippen LogP contribution in [0.1, 0.15) is 25.7 Å². The molecule has 0 aromatic heterocycles. The van der Waals surface area contributed by atoms with Crippen LogP contribution in [0.3, 0.4) is 0 Å². The Balaban J connectivity index is 1.53. The van der Waals surface area contributed by atoms with Gasteiger partial charge in [0.25, 0.3) is 0 Å². The molecule has 0 aliphatic carbocycles. The Hall–Kier alpha value is -0.650. The molecular weight excluding hydrogens is 222 g/mol. The first-order chi connectivity index (χ1) is 8.34. The normalized spacial score (nSPS) is 26.0. The van der Waals surface area contributed by atoms with Gasteiger partial charge in [-0.05, 0) is 38.8 Å². The van der Waals surface area contributed by atoms with Gasteiger partial charge in [0, 0.05) is 6.61 Å². The van der Waals surface area contributed by atoms with Crippen molar-refractivity contribution >= 4 is 5.97 Å². The van der Waals surface area contributed by atoms with Crippen LogP contribution in [0.2, 0.25) is 0 Å². The van der Waals surface area contributed by atoms with Crippen molar-refractivity contribution in [2.45, 2.75) is 37.9 Å². The van der Waals surface area contributed by atoms with Gasteiger partial charge in [0.05, 0.1) is 12.2 Å². The predicted octanol–water partition coefficient (Wildman–Crippen LogP) is 0.477. The van der Waals surface area contributed by atoms with Crippen molar-refractivity contribution in [3.63, 3.8) is 0 Å². The molecule has 0 aromatic carbocycles. The van der Waals surface area contributed by atoms with Gasteiger partial charge in [-0.2, -0.15) is 0 Å². The molecular formula is C12H21NO4. The summed E-state index contributed by atoms with van der Waals surface area (Å²) in [6.45, 7) is 3.16. The number of carbonyl (C=O) groups is 1. The molecule has 0 spiro atoms. The summed E-state index contributed by atoms with van der Waals surface area (Å²) in [6.07, 6.45) is 4.29. The average molecular weight is 243 g/mol. The minimum Gasteiger partial charge on any atom is -0.461 e. The molecule has 5 nitrogen and oxygen atoms in total. The van der Waals surface area contributed by atoms with Gasteiger partial charge < -0.3 is 19.5 Å². The first-order valence-electron chi connectivity index (χ1n) is 6.44. The van der Waals surface area contributed by atoms with Crippen molar-refractivity contribution in [2.24, 2.45) is 0 Å². The summed E-state index contributed by atoms with van der Waals surface area (Å²) in [7, 11) is 0. The zero-order valence-corrected chi connectivity index (χ0v) is 10.2. The van der Waals surface area contributed by atoms with Crippen LogP contribution in [0.25, 0.3) is 0 Å². The molecule has 2 fully saturated rings. The first-order valence-corrected chi connectivity index (χ1v) is 6.44. The maximum atomic E-state index is 11.4. The van der Waals surface area contributed by atoms with E-state index in [1.807, 2.05) is 0 Å². The summed E-state index contributed by atoms with van der Waals surface area (Å²) in [5.74, 6) is -0.279. The Kier molecular flexibility index (Phi) is 5.22. The van der Waals surface area contributed by atoms with E-state index in [-0.39, 0.29) is 24.8 Å². The van der Waals surface area contributed by atoms with E-state index >= 15 is 0 Å². The Labute approximate surface area is 102 Å². The smallest absolute Gasteiger partial charge is 0.332 e. The lowest BCUT2D eigenvalue weighted by Crippen LogP contribution is -2.34. The van der Waals surface area contributed by atoms with E-state index in [1.54, 1.807) is 0 Å². The minimum atomic E-state index is -0.279. The van der Waals surface area contributed by atoms with Crippen molar-refractivity contribution in [3.05, 3.63) is 0 Å². The Morgan fingerprint density at radius 2 is 2.12 bits per heavy atom. The van der Waals surface area contributed by atoms with Crippen LogP contribution in [-0.4, -0.2) is 51.1 Å². The van der Waals surface area contributed by atoms with Crippen molar-refractivity contribution in [2.75, 3.05) is 32.9 Å². The second-order valence-corrected chi connectivity index (χ2v) is 4.58. The number of hydrogen-bond acceptors (Lipinski definition) is 5. The summed E-state index contributed by atoms with van der Waals surface area (Å²) in [5.41, 5.74) is 0. The maximum absolute atomic E-state index is 11.4. The highest BCUT2D eigenvalue weighted by Gasteiger charge is 2.19. The number of carbonyl (C=O) groups excluding carboxylic acids is 1. The van der Waals surface area contributed by atoms with Gasteiger partial charge in [-0.25, -0.2) is 4.79 Å². The number of ether oxygens (including phenoxy) is 3. The molecule has 2 saturated heterocycles. The number of esters is 1. The molecule has 0 radical (unpaired) electrons. The second-order valence-electron chi connectivity index (χ2n) is 4.58. The molecule has 2 aliphatic heterocycles. The summed E-state index contributed by atoms with van der Waals surface area (Å²) in [4.78, 5) is 11.4. The molecule has 5 heteroatoms. The van der Waals surface area contributed by atoms with E-state index in [0.717, 1.165) is 45.4 Å². The monoisotopic (exact) mass is 243 g/mol. The highest BCUT2D eigenvalue weighted by Crippen LogP contribution is 2.12. The summed E-state index contributed by atoms with van der Waals surface area (Å²) in [6, 6.07) is 0. The van der Waals surface area contributed by atoms with Crippen LogP contribution in [0.4, 0.5) is 0 Å². The molecule has 1 unspecified atom stereocenters. The molecule has 0 bridgehead atoms. The second kappa shape index (κ2) is 6.93. The largest absolute Gasteiger partial charge is 0.461 e. The molecule has 2 aliphatic rings. The molecule has 2 heterocycles. The fraction of sp³-hybridized carbons (Fsp3) is 0.917. The third-order valence-corrected chi connectivity index (χ3v) is 3.18. The molecule has 0 saturated carbocycles. The quantitative estimate of drug-likeness (QED) is 0.712. The fourth-order valence-corrected chi connectivity index (χ4v) is 2.15. The van der Waals surface area contributed by atoms with Gasteiger partial charge in [-0.15, -0.1) is 0 Å². The number of hydrogen-bond donors (Lipinski definition) is 1. The molecule has 1 atom stereocenters. The predicted molar refractivity (Wildman–Crippen MR) is 61.8 cm³/mol. The van der Waals surface area contributed by atoms with Crippen LogP contribution in [0.5, 0.6) is 0 Å². The Bertz CT molecular complexity index is 235. The van der Waals surface area contributed by atoms with E-state index in [9.17, 15) is 4.79 Å². The van der Waals surface area contributed by atoms with Gasteiger partial charge in [-0.1, -0.05) is 0 Å². The van der Waals surface area contributed by atoms with Crippen molar-refractivity contribution < 1.29 is 19.0 Å². The summed E-state index contributed by atoms with van der Waals surface area (Å²) >= 11 is 0. The molecule has 1 N–H and O–H groups in total. The Morgan fingerprint density at radius 1 is 1.29 bits per heavy atom. The van der Waals surface area contributed by atoms with Gasteiger partial charge in [0.15, 0.2) is 0 Å². The fourth-order valence-electron chi connectivity index (χ4n) is 2.15. The first kappa shape index (κ1) is 12.8. The number of piperidine rings is 1. The van der Waals surface area contributed by atoms with Gasteiger partial charge in [0.2, 0.25) is 0 Å². The zero-order valence-electron chi connectivity index (χ0n) is 10.2. The van der Waals surface area contributed by atoms with Crippen LogP contribution >= 0.6 is 0 Å². The van der Waals surface area contributed by atoms with Crippen molar-refractivity contribution in [3.8, 4) is 0 Å². The third-order valence-electron chi connectivity index (χ3n) is 3.18. The lowest BCUT2D eigenvalue weighted by Gasteiger charge is -2.22. The topological polar surface area (TPSA) is 56.8 Å². The minimum absolute atomic E-state index is 0.0669. The lowest BCUT2D eigenvalue weighted by molar-refractivity contribution is -0.154. The van der Waals surface area contributed by atoms with Crippen molar-refractivity contribution in [1.82, 2.24) is 5.32 Å². The standard InChI is InChI=1S/C12H21NO4/c14-12(17-8-11-2-1-7-15-11)9-16-10-3-5-13-6-4-10/h10-11,13H,1-9H2. The average Bonchev–Trinajstić information content (AvgIpc) is 2.88. The van der Waals surface area contributed by atoms with Gasteiger partial charge >= 0.3 is 5.97 Å². The Morgan fingerprint density at radius 3 is 2.82 bits per heavy atom. The SMILES string of the molecule is O=C(COC1CCNCC1)OCC1CCCO1. The summed E-state index contributed by atoms with van der Waals surface area (Å²) in [5, 5.41) is 3.25. The zero-order chi connectivity index (χ0) is 11.9. The molecule has 0 amide bonds. The van der Waals surface area contributed by atoms with Crippen LogP contribution in [-0.2, 0) is 19.0 Å².